The van der Waals surface area contributed by atoms with E-state index in [4.69, 9.17) is 19.4 Å². The molecule has 10 rings (SSSR count). The van der Waals surface area contributed by atoms with E-state index in [0.717, 1.165) is 71.6 Å². The second-order valence-corrected chi connectivity index (χ2v) is 12.4. The number of rotatable bonds is 5. The fourth-order valence-corrected chi connectivity index (χ4v) is 7.23. The van der Waals surface area contributed by atoms with Crippen LogP contribution in [0.5, 0.6) is 0 Å². The number of nitrogens with zero attached hydrogens (tertiary/aromatic N) is 4. The Morgan fingerprint density at radius 1 is 0.380 bits per heavy atom. The topological polar surface area (TPSA) is 56.7 Å². The summed E-state index contributed by atoms with van der Waals surface area (Å²) >= 11 is 0. The van der Waals surface area contributed by atoms with Gasteiger partial charge in [0, 0.05) is 32.7 Å². The summed E-state index contributed by atoms with van der Waals surface area (Å²) < 4.78 is 8.54. The van der Waals surface area contributed by atoms with Gasteiger partial charge in [0.15, 0.2) is 11.6 Å². The highest BCUT2D eigenvalue weighted by atomic mass is 16.3. The molecule has 5 nitrogen and oxygen atoms in total. The third-order valence-electron chi connectivity index (χ3n) is 9.48. The minimum absolute atomic E-state index is 0.562. The predicted molar refractivity (Wildman–Crippen MR) is 203 cm³/mol. The van der Waals surface area contributed by atoms with Gasteiger partial charge in [-0.05, 0) is 58.7 Å². The molecular weight excluding hydrogens is 613 g/mol. The lowest BCUT2D eigenvalue weighted by Crippen LogP contribution is -2.06. The van der Waals surface area contributed by atoms with Gasteiger partial charge in [-0.3, -0.25) is 4.57 Å². The first-order chi connectivity index (χ1) is 24.8. The summed E-state index contributed by atoms with van der Waals surface area (Å²) in [5, 5.41) is 4.40. The normalized spacial score (nSPS) is 11.6. The van der Waals surface area contributed by atoms with Gasteiger partial charge in [0.05, 0.1) is 11.0 Å². The van der Waals surface area contributed by atoms with Crippen LogP contribution in [-0.2, 0) is 0 Å². The molecular formula is C45H28N4O. The van der Waals surface area contributed by atoms with E-state index in [9.17, 15) is 0 Å². The van der Waals surface area contributed by atoms with E-state index in [1.54, 1.807) is 0 Å². The number of benzene rings is 7. The Labute approximate surface area is 287 Å². The van der Waals surface area contributed by atoms with Gasteiger partial charge in [-0.15, -0.1) is 0 Å². The minimum atomic E-state index is 0.562. The van der Waals surface area contributed by atoms with Crippen molar-refractivity contribution in [2.45, 2.75) is 0 Å². The molecule has 0 unspecified atom stereocenters. The molecule has 3 heterocycles. The van der Waals surface area contributed by atoms with Crippen LogP contribution in [0.4, 0.5) is 0 Å². The van der Waals surface area contributed by atoms with Crippen LogP contribution in [0.2, 0.25) is 0 Å². The van der Waals surface area contributed by atoms with Crippen molar-refractivity contribution in [1.29, 1.82) is 0 Å². The zero-order chi connectivity index (χ0) is 33.0. The van der Waals surface area contributed by atoms with Gasteiger partial charge >= 0.3 is 0 Å². The maximum absolute atomic E-state index is 6.37. The largest absolute Gasteiger partial charge is 0.456 e. The second-order valence-electron chi connectivity index (χ2n) is 12.4. The fourth-order valence-electron chi connectivity index (χ4n) is 7.23. The van der Waals surface area contributed by atoms with Gasteiger partial charge in [-0.2, -0.15) is 9.97 Å². The summed E-state index contributed by atoms with van der Waals surface area (Å²) in [6, 6.07) is 58.5. The molecule has 0 spiro atoms. The maximum atomic E-state index is 6.37. The number of aromatic nitrogens is 4. The second kappa shape index (κ2) is 11.4. The Morgan fingerprint density at radius 2 is 0.960 bits per heavy atom. The summed E-state index contributed by atoms with van der Waals surface area (Å²) in [5.74, 6) is 1.76. The van der Waals surface area contributed by atoms with E-state index >= 15 is 0 Å². The van der Waals surface area contributed by atoms with Gasteiger partial charge in [-0.25, -0.2) is 4.98 Å². The predicted octanol–water partition coefficient (Wildman–Crippen LogP) is 11.5. The summed E-state index contributed by atoms with van der Waals surface area (Å²) in [4.78, 5) is 15.5. The molecule has 0 aliphatic rings. The number of hydrogen-bond acceptors (Lipinski definition) is 4. The number of fused-ring (bicyclic) bond motifs is 6. The van der Waals surface area contributed by atoms with E-state index in [2.05, 4.69) is 114 Å². The van der Waals surface area contributed by atoms with Gasteiger partial charge in [0.1, 0.15) is 11.2 Å². The first-order valence-corrected chi connectivity index (χ1v) is 16.7. The fraction of sp³-hybridized carbons (Fsp3) is 0. The van der Waals surface area contributed by atoms with E-state index in [-0.39, 0.29) is 0 Å². The lowest BCUT2D eigenvalue weighted by atomic mass is 9.99. The van der Waals surface area contributed by atoms with Gasteiger partial charge in [0.2, 0.25) is 5.95 Å². The van der Waals surface area contributed by atoms with Crippen LogP contribution in [0.15, 0.2) is 174 Å². The average molecular weight is 641 g/mol. The maximum Gasteiger partial charge on any atom is 0.238 e. The molecule has 0 aliphatic carbocycles. The highest BCUT2D eigenvalue weighted by Gasteiger charge is 2.21. The number of para-hydroxylation sites is 1. The van der Waals surface area contributed by atoms with Crippen molar-refractivity contribution in [1.82, 2.24) is 19.5 Å². The molecule has 5 heteroatoms. The highest BCUT2D eigenvalue weighted by molar-refractivity contribution is 6.16. The Kier molecular flexibility index (Phi) is 6.42. The molecule has 0 saturated carbocycles. The van der Waals surface area contributed by atoms with Crippen molar-refractivity contribution in [2.24, 2.45) is 0 Å². The van der Waals surface area contributed by atoms with E-state index in [1.807, 2.05) is 60.7 Å². The first kappa shape index (κ1) is 28.2. The number of furan rings is 1. The lowest BCUT2D eigenvalue weighted by molar-refractivity contribution is 0.669. The van der Waals surface area contributed by atoms with E-state index in [0.29, 0.717) is 17.6 Å². The zero-order valence-electron chi connectivity index (χ0n) is 26.9. The summed E-state index contributed by atoms with van der Waals surface area (Å²) in [6.07, 6.45) is 0. The Bertz CT molecular complexity index is 2860. The monoisotopic (exact) mass is 640 g/mol. The molecule has 50 heavy (non-hydrogen) atoms. The Balaban J connectivity index is 1.24. The smallest absolute Gasteiger partial charge is 0.238 e. The number of hydrogen-bond donors (Lipinski definition) is 0. The van der Waals surface area contributed by atoms with Crippen LogP contribution in [0.1, 0.15) is 0 Å². The molecule has 10 aromatic rings. The van der Waals surface area contributed by atoms with Crippen LogP contribution in [0.25, 0.3) is 94.7 Å². The van der Waals surface area contributed by atoms with Gasteiger partial charge in [-0.1, -0.05) is 133 Å². The van der Waals surface area contributed by atoms with Crippen molar-refractivity contribution in [3.05, 3.63) is 170 Å². The molecule has 3 aromatic heterocycles. The van der Waals surface area contributed by atoms with Crippen LogP contribution in [0, 0.1) is 0 Å². The van der Waals surface area contributed by atoms with Crippen LogP contribution >= 0.6 is 0 Å². The zero-order valence-corrected chi connectivity index (χ0v) is 26.9. The third kappa shape index (κ3) is 4.52. The van der Waals surface area contributed by atoms with Gasteiger partial charge < -0.3 is 4.42 Å². The van der Waals surface area contributed by atoms with Crippen LogP contribution in [0.3, 0.4) is 0 Å². The third-order valence-corrected chi connectivity index (χ3v) is 9.48. The van der Waals surface area contributed by atoms with Crippen molar-refractivity contribution in [3.8, 4) is 51.0 Å². The van der Waals surface area contributed by atoms with E-state index in [1.165, 1.54) is 5.56 Å². The lowest BCUT2D eigenvalue weighted by Gasteiger charge is -2.11. The molecule has 0 aliphatic heterocycles. The van der Waals surface area contributed by atoms with Gasteiger partial charge in [0.25, 0.3) is 0 Å². The summed E-state index contributed by atoms with van der Waals surface area (Å²) in [7, 11) is 0. The molecule has 0 saturated heterocycles. The van der Waals surface area contributed by atoms with Crippen molar-refractivity contribution in [3.63, 3.8) is 0 Å². The van der Waals surface area contributed by atoms with E-state index < -0.39 is 0 Å². The molecule has 0 amide bonds. The molecule has 0 N–H and O–H groups in total. The Hall–Kier alpha value is -6.85. The van der Waals surface area contributed by atoms with Crippen LogP contribution in [-0.4, -0.2) is 19.5 Å². The molecule has 0 fully saturated rings. The average Bonchev–Trinajstić information content (AvgIpc) is 3.74. The SMILES string of the molecule is c1ccc(-c2nc(-c3ccc4oc5cccc(-c6ccccc6)c5c4c3)nc(-n3c4ccccc4c4c(-c5ccccc5)cccc43)n2)cc1. The highest BCUT2D eigenvalue weighted by Crippen LogP contribution is 2.40. The van der Waals surface area contributed by atoms with Crippen molar-refractivity contribution < 1.29 is 4.42 Å². The molecule has 234 valence electrons. The Morgan fingerprint density at radius 3 is 1.68 bits per heavy atom. The summed E-state index contributed by atoms with van der Waals surface area (Å²) in [5.41, 5.74) is 10.1. The molecule has 0 radical (unpaired) electrons. The van der Waals surface area contributed by atoms with Crippen molar-refractivity contribution >= 4 is 43.7 Å². The standard InChI is InChI=1S/C45H28N4O/c1-4-14-29(15-5-1)33-21-12-24-38-41(33)35-20-10-11-23-37(35)49(38)45-47-43(31-18-8-3-9-19-31)46-44(48-45)32-26-27-39-36(28-32)42-34(22-13-25-40(42)50-39)30-16-6-2-7-17-30/h1-28H. The van der Waals surface area contributed by atoms with Crippen molar-refractivity contribution in [2.75, 3.05) is 0 Å². The molecule has 7 aromatic carbocycles. The summed E-state index contributed by atoms with van der Waals surface area (Å²) in [6.45, 7) is 0. The molecule has 0 atom stereocenters. The van der Waals surface area contributed by atoms with Crippen LogP contribution < -0.4 is 0 Å². The molecule has 0 bridgehead atoms. The quantitative estimate of drug-likeness (QED) is 0.188. The minimum Gasteiger partial charge on any atom is -0.456 e. The first-order valence-electron chi connectivity index (χ1n) is 16.7.